The second-order valence-electron chi connectivity index (χ2n) is 7.03. The van der Waals surface area contributed by atoms with Gasteiger partial charge in [-0.05, 0) is 30.5 Å². The number of piperidine rings is 1. The van der Waals surface area contributed by atoms with Crippen LogP contribution in [0.4, 0.5) is 5.82 Å². The number of carbonyl (C=O) groups is 2. The highest BCUT2D eigenvalue weighted by Gasteiger charge is 2.28. The molecule has 150 valence electrons. The molecule has 7 nitrogen and oxygen atoms in total. The molecule has 3 heterocycles. The summed E-state index contributed by atoms with van der Waals surface area (Å²) in [6.07, 6.45) is 5.82. The van der Waals surface area contributed by atoms with Crippen LogP contribution in [-0.4, -0.2) is 39.6 Å². The number of rotatable bonds is 5. The molecule has 0 spiro atoms. The van der Waals surface area contributed by atoms with Gasteiger partial charge in [-0.15, -0.1) is 0 Å². The van der Waals surface area contributed by atoms with Crippen molar-refractivity contribution in [2.75, 3.05) is 18.4 Å². The molecule has 1 fully saturated rings. The molecule has 0 unspecified atom stereocenters. The molecule has 1 N–H and O–H groups in total. The van der Waals surface area contributed by atoms with Crippen LogP contribution in [0.25, 0.3) is 0 Å². The second kappa shape index (κ2) is 8.53. The summed E-state index contributed by atoms with van der Waals surface area (Å²) in [7, 11) is 0. The summed E-state index contributed by atoms with van der Waals surface area (Å²) in [4.78, 5) is 26.9. The summed E-state index contributed by atoms with van der Waals surface area (Å²) in [6, 6.07) is 11.0. The quantitative estimate of drug-likeness (QED) is 0.693. The minimum absolute atomic E-state index is 0.0543. The van der Waals surface area contributed by atoms with Crippen LogP contribution in [0, 0.1) is 5.92 Å². The van der Waals surface area contributed by atoms with Crippen molar-refractivity contribution < 1.29 is 14.0 Å². The van der Waals surface area contributed by atoms with Crippen LogP contribution in [0.2, 0.25) is 5.02 Å². The summed E-state index contributed by atoms with van der Waals surface area (Å²) >= 11 is 6.23. The number of hydrogen-bond donors (Lipinski definition) is 1. The van der Waals surface area contributed by atoms with Gasteiger partial charge in [0.05, 0.1) is 24.6 Å². The molecule has 0 saturated carbocycles. The predicted octanol–water partition coefficient (Wildman–Crippen LogP) is 3.67. The minimum Gasteiger partial charge on any atom is -0.472 e. The Morgan fingerprint density at radius 1 is 1.17 bits per heavy atom. The standard InChI is InChI=1S/C21H21ClN4O3/c22-18-4-2-1-3-16(18)13-26-19(5-9-23-26)24-20(27)15-6-10-25(11-7-15)21(28)17-8-12-29-14-17/h1-5,8-9,12,14-15H,6-7,10-11,13H2,(H,24,27). The molecule has 0 atom stereocenters. The van der Waals surface area contributed by atoms with Crippen LogP contribution in [0.5, 0.6) is 0 Å². The molecule has 0 aliphatic carbocycles. The number of furan rings is 1. The molecule has 29 heavy (non-hydrogen) atoms. The van der Waals surface area contributed by atoms with E-state index >= 15 is 0 Å². The molecule has 8 heteroatoms. The number of anilines is 1. The van der Waals surface area contributed by atoms with Crippen molar-refractivity contribution in [1.29, 1.82) is 0 Å². The van der Waals surface area contributed by atoms with Gasteiger partial charge < -0.3 is 14.6 Å². The number of amides is 2. The molecule has 0 radical (unpaired) electrons. The monoisotopic (exact) mass is 412 g/mol. The van der Waals surface area contributed by atoms with Crippen molar-refractivity contribution in [3.05, 3.63) is 71.3 Å². The highest BCUT2D eigenvalue weighted by atomic mass is 35.5. The second-order valence-corrected chi connectivity index (χ2v) is 7.44. The first kappa shape index (κ1) is 19.3. The fourth-order valence-electron chi connectivity index (χ4n) is 3.49. The van der Waals surface area contributed by atoms with E-state index in [1.54, 1.807) is 27.9 Å². The maximum Gasteiger partial charge on any atom is 0.257 e. The van der Waals surface area contributed by atoms with Crippen molar-refractivity contribution in [3.8, 4) is 0 Å². The van der Waals surface area contributed by atoms with E-state index < -0.39 is 0 Å². The first-order chi connectivity index (χ1) is 14.1. The van der Waals surface area contributed by atoms with Crippen molar-refractivity contribution in [1.82, 2.24) is 14.7 Å². The zero-order valence-electron chi connectivity index (χ0n) is 15.8. The maximum absolute atomic E-state index is 12.7. The fourth-order valence-corrected chi connectivity index (χ4v) is 3.69. The van der Waals surface area contributed by atoms with Crippen LogP contribution in [0.3, 0.4) is 0 Å². The largest absolute Gasteiger partial charge is 0.472 e. The predicted molar refractivity (Wildman–Crippen MR) is 109 cm³/mol. The molecule has 1 aliphatic heterocycles. The molecule has 1 aliphatic rings. The van der Waals surface area contributed by atoms with E-state index in [0.717, 1.165) is 5.56 Å². The third-order valence-corrected chi connectivity index (χ3v) is 5.54. The van der Waals surface area contributed by atoms with Gasteiger partial charge in [-0.3, -0.25) is 9.59 Å². The van der Waals surface area contributed by atoms with Gasteiger partial charge in [0, 0.05) is 30.1 Å². The van der Waals surface area contributed by atoms with Gasteiger partial charge in [-0.1, -0.05) is 29.8 Å². The van der Waals surface area contributed by atoms with E-state index in [1.165, 1.54) is 12.5 Å². The number of hydrogen-bond acceptors (Lipinski definition) is 4. The zero-order chi connectivity index (χ0) is 20.2. The van der Waals surface area contributed by atoms with Gasteiger partial charge in [0.1, 0.15) is 12.1 Å². The first-order valence-electron chi connectivity index (χ1n) is 9.49. The molecule has 4 rings (SSSR count). The van der Waals surface area contributed by atoms with Gasteiger partial charge >= 0.3 is 0 Å². The zero-order valence-corrected chi connectivity index (χ0v) is 16.5. The van der Waals surface area contributed by atoms with E-state index in [0.29, 0.717) is 48.9 Å². The highest BCUT2D eigenvalue weighted by molar-refractivity contribution is 6.31. The molecular formula is C21H21ClN4O3. The van der Waals surface area contributed by atoms with Gasteiger partial charge in [0.2, 0.25) is 5.91 Å². The Bertz CT molecular complexity index is 991. The Kier molecular flexibility index (Phi) is 5.67. The third kappa shape index (κ3) is 4.35. The van der Waals surface area contributed by atoms with Crippen molar-refractivity contribution >= 4 is 29.2 Å². The number of carbonyl (C=O) groups excluding carboxylic acids is 2. The van der Waals surface area contributed by atoms with Crippen LogP contribution in [0.15, 0.2) is 59.5 Å². The minimum atomic E-state index is -0.146. The lowest BCUT2D eigenvalue weighted by atomic mass is 9.95. The van der Waals surface area contributed by atoms with Gasteiger partial charge in [0.25, 0.3) is 5.91 Å². The Morgan fingerprint density at radius 3 is 2.69 bits per heavy atom. The third-order valence-electron chi connectivity index (χ3n) is 5.17. The lowest BCUT2D eigenvalue weighted by molar-refractivity contribution is -0.121. The number of halogens is 1. The van der Waals surface area contributed by atoms with Crippen LogP contribution in [-0.2, 0) is 11.3 Å². The van der Waals surface area contributed by atoms with E-state index in [-0.39, 0.29) is 17.7 Å². The van der Waals surface area contributed by atoms with E-state index in [4.69, 9.17) is 16.0 Å². The summed E-state index contributed by atoms with van der Waals surface area (Å²) in [5.41, 5.74) is 1.47. The van der Waals surface area contributed by atoms with Crippen molar-refractivity contribution in [3.63, 3.8) is 0 Å². The van der Waals surface area contributed by atoms with Gasteiger partial charge in [0.15, 0.2) is 0 Å². The highest BCUT2D eigenvalue weighted by Crippen LogP contribution is 2.22. The maximum atomic E-state index is 12.7. The summed E-state index contributed by atoms with van der Waals surface area (Å²) < 4.78 is 6.70. The van der Waals surface area contributed by atoms with E-state index in [1.807, 2.05) is 24.3 Å². The number of nitrogens with zero attached hydrogens (tertiary/aromatic N) is 3. The molecular weight excluding hydrogens is 392 g/mol. The van der Waals surface area contributed by atoms with Crippen LogP contribution in [0.1, 0.15) is 28.8 Å². The molecule has 2 amide bonds. The van der Waals surface area contributed by atoms with Crippen LogP contribution >= 0.6 is 11.6 Å². The normalized spacial score (nSPS) is 14.7. The fraction of sp³-hybridized carbons (Fsp3) is 0.286. The summed E-state index contributed by atoms with van der Waals surface area (Å²) in [5, 5.41) is 7.93. The number of nitrogens with one attached hydrogen (secondary N) is 1. The lowest BCUT2D eigenvalue weighted by Crippen LogP contribution is -2.41. The summed E-state index contributed by atoms with van der Waals surface area (Å²) in [5.74, 6) is 0.371. The first-order valence-corrected chi connectivity index (χ1v) is 9.87. The molecule has 2 aromatic heterocycles. The number of aromatic nitrogens is 2. The smallest absolute Gasteiger partial charge is 0.257 e. The molecule has 0 bridgehead atoms. The lowest BCUT2D eigenvalue weighted by Gasteiger charge is -2.31. The van der Waals surface area contributed by atoms with E-state index in [2.05, 4.69) is 10.4 Å². The average molecular weight is 413 g/mol. The van der Waals surface area contributed by atoms with E-state index in [9.17, 15) is 9.59 Å². The molecule has 1 saturated heterocycles. The SMILES string of the molecule is O=C(Nc1ccnn1Cc1ccccc1Cl)C1CCN(C(=O)c2ccoc2)CC1. The Morgan fingerprint density at radius 2 is 1.97 bits per heavy atom. The number of benzene rings is 1. The Balaban J connectivity index is 1.35. The molecule has 1 aromatic carbocycles. The van der Waals surface area contributed by atoms with Crippen molar-refractivity contribution in [2.45, 2.75) is 19.4 Å². The molecule has 3 aromatic rings. The van der Waals surface area contributed by atoms with Gasteiger partial charge in [-0.2, -0.15) is 5.10 Å². The Hall–Kier alpha value is -3.06. The number of likely N-dealkylation sites (tertiary alicyclic amines) is 1. The topological polar surface area (TPSA) is 80.4 Å². The van der Waals surface area contributed by atoms with Crippen LogP contribution < -0.4 is 5.32 Å². The Labute approximate surface area is 173 Å². The van der Waals surface area contributed by atoms with Crippen molar-refractivity contribution in [2.24, 2.45) is 5.92 Å². The summed E-state index contributed by atoms with van der Waals surface area (Å²) in [6.45, 7) is 1.56. The average Bonchev–Trinajstić information content (AvgIpc) is 3.42. The van der Waals surface area contributed by atoms with Gasteiger partial charge in [-0.25, -0.2) is 4.68 Å².